The Kier molecular flexibility index (Phi) is 7.86. The highest BCUT2D eigenvalue weighted by molar-refractivity contribution is 5.86. The van der Waals surface area contributed by atoms with E-state index in [0.717, 1.165) is 27.8 Å². The minimum atomic E-state index is -0.862. The maximum absolute atomic E-state index is 13.2. The summed E-state index contributed by atoms with van der Waals surface area (Å²) in [4.78, 5) is 27.5. The number of benzene rings is 3. The molecule has 3 aromatic rings. The van der Waals surface area contributed by atoms with Crippen LogP contribution in [0.15, 0.2) is 91.5 Å². The fourth-order valence-corrected chi connectivity index (χ4v) is 4.76. The third kappa shape index (κ3) is 5.19. The van der Waals surface area contributed by atoms with Crippen LogP contribution < -0.4 is 5.32 Å². The molecule has 6 heteroatoms. The first-order chi connectivity index (χ1) is 17.4. The monoisotopic (exact) mass is 484 g/mol. The second-order valence-corrected chi connectivity index (χ2v) is 9.09. The summed E-state index contributed by atoms with van der Waals surface area (Å²) < 4.78 is 5.62. The lowest BCUT2D eigenvalue weighted by Crippen LogP contribution is -2.51. The smallest absolute Gasteiger partial charge is 0.407 e. The number of fused-ring (bicyclic) bond motifs is 3. The number of hydrogen-bond donors (Lipinski definition) is 2. The molecule has 3 atom stereocenters. The van der Waals surface area contributed by atoms with E-state index in [4.69, 9.17) is 4.74 Å². The third-order valence-electron chi connectivity index (χ3n) is 6.89. The molecule has 0 saturated carbocycles. The number of nitrogens with one attached hydrogen (secondary N) is 1. The molecule has 186 valence electrons. The van der Waals surface area contributed by atoms with Gasteiger partial charge in [0.25, 0.3) is 0 Å². The number of carbonyl (C=O) groups is 2. The molecular formula is C30H32N2O4. The van der Waals surface area contributed by atoms with E-state index < -0.39 is 24.3 Å². The Labute approximate surface area is 212 Å². The number of aliphatic hydroxyl groups excluding tert-OH is 1. The lowest BCUT2D eigenvalue weighted by atomic mass is 9.98. The molecule has 0 heterocycles. The van der Waals surface area contributed by atoms with Crippen molar-refractivity contribution in [1.29, 1.82) is 0 Å². The highest BCUT2D eigenvalue weighted by Gasteiger charge is 2.32. The predicted molar refractivity (Wildman–Crippen MR) is 140 cm³/mol. The van der Waals surface area contributed by atoms with Crippen LogP contribution in [0.5, 0.6) is 0 Å². The second kappa shape index (κ2) is 11.2. The minimum Gasteiger partial charge on any atom is -0.449 e. The van der Waals surface area contributed by atoms with Gasteiger partial charge in [0, 0.05) is 13.0 Å². The van der Waals surface area contributed by atoms with E-state index in [1.54, 1.807) is 20.0 Å². The maximum Gasteiger partial charge on any atom is 0.407 e. The number of likely N-dealkylation sites (N-methyl/N-ethyl adjacent to an activating group) is 1. The summed E-state index contributed by atoms with van der Waals surface area (Å²) >= 11 is 0. The summed E-state index contributed by atoms with van der Waals surface area (Å²) in [6.07, 6.45) is 0.292. The van der Waals surface area contributed by atoms with E-state index in [2.05, 4.69) is 36.2 Å². The number of carbonyl (C=O) groups excluding carboxylic acids is 2. The van der Waals surface area contributed by atoms with Crippen molar-refractivity contribution in [2.45, 2.75) is 37.5 Å². The number of alkyl carbamates (subject to hydrolysis) is 1. The number of nitrogens with zero attached hydrogens (tertiary/aromatic N) is 1. The predicted octanol–water partition coefficient (Wildman–Crippen LogP) is 5.05. The second-order valence-electron chi connectivity index (χ2n) is 9.09. The molecular weight excluding hydrogens is 452 g/mol. The van der Waals surface area contributed by atoms with Gasteiger partial charge in [-0.3, -0.25) is 4.79 Å². The van der Waals surface area contributed by atoms with Crippen molar-refractivity contribution in [2.24, 2.45) is 0 Å². The molecule has 1 aliphatic rings. The SMILES string of the molecule is C=CC[C@@H](NC(=O)OCC1c2ccccc2-c2ccccc21)C(=O)N(C)[C@@H](C)[C@H](O)c1ccccc1. The summed E-state index contributed by atoms with van der Waals surface area (Å²) in [6.45, 7) is 5.66. The van der Waals surface area contributed by atoms with Gasteiger partial charge in [-0.1, -0.05) is 84.9 Å². The molecule has 0 unspecified atom stereocenters. The molecule has 1 aliphatic carbocycles. The molecule has 4 rings (SSSR count). The van der Waals surface area contributed by atoms with Crippen LogP contribution >= 0.6 is 0 Å². The van der Waals surface area contributed by atoms with Crippen LogP contribution in [-0.4, -0.2) is 47.7 Å². The summed E-state index contributed by atoms with van der Waals surface area (Å²) in [5, 5.41) is 13.4. The molecule has 0 saturated heterocycles. The molecule has 36 heavy (non-hydrogen) atoms. The van der Waals surface area contributed by atoms with Gasteiger partial charge in [-0.15, -0.1) is 6.58 Å². The lowest BCUT2D eigenvalue weighted by Gasteiger charge is -2.32. The molecule has 0 aromatic heterocycles. The minimum absolute atomic E-state index is 0.0691. The largest absolute Gasteiger partial charge is 0.449 e. The lowest BCUT2D eigenvalue weighted by molar-refractivity contribution is -0.136. The van der Waals surface area contributed by atoms with Crippen molar-refractivity contribution in [3.05, 3.63) is 108 Å². The zero-order chi connectivity index (χ0) is 25.7. The van der Waals surface area contributed by atoms with Gasteiger partial charge in [0.05, 0.1) is 12.1 Å². The van der Waals surface area contributed by atoms with Crippen LogP contribution in [0.25, 0.3) is 11.1 Å². The molecule has 0 spiro atoms. The van der Waals surface area contributed by atoms with Gasteiger partial charge in [0.1, 0.15) is 12.6 Å². The number of rotatable bonds is 9. The third-order valence-corrected chi connectivity index (χ3v) is 6.89. The molecule has 0 bridgehead atoms. The Morgan fingerprint density at radius 2 is 1.56 bits per heavy atom. The van der Waals surface area contributed by atoms with Crippen LogP contribution in [0.1, 0.15) is 42.1 Å². The van der Waals surface area contributed by atoms with Crippen molar-refractivity contribution in [3.8, 4) is 11.1 Å². The van der Waals surface area contributed by atoms with Crippen LogP contribution in [0.2, 0.25) is 0 Å². The highest BCUT2D eigenvalue weighted by Crippen LogP contribution is 2.44. The molecule has 6 nitrogen and oxygen atoms in total. The zero-order valence-corrected chi connectivity index (χ0v) is 20.6. The first kappa shape index (κ1) is 25.2. The summed E-state index contributed by atoms with van der Waals surface area (Å²) in [7, 11) is 1.62. The quantitative estimate of drug-likeness (QED) is 0.417. The average molecular weight is 485 g/mol. The molecule has 0 radical (unpaired) electrons. The highest BCUT2D eigenvalue weighted by atomic mass is 16.5. The first-order valence-corrected chi connectivity index (χ1v) is 12.1. The van der Waals surface area contributed by atoms with Crippen molar-refractivity contribution < 1.29 is 19.4 Å². The van der Waals surface area contributed by atoms with E-state index >= 15 is 0 Å². The van der Waals surface area contributed by atoms with E-state index in [0.29, 0.717) is 0 Å². The van der Waals surface area contributed by atoms with Crippen molar-refractivity contribution in [1.82, 2.24) is 10.2 Å². The Morgan fingerprint density at radius 1 is 1.00 bits per heavy atom. The number of hydrogen-bond acceptors (Lipinski definition) is 4. The van der Waals surface area contributed by atoms with Gasteiger partial charge in [0.15, 0.2) is 0 Å². The normalized spacial score (nSPS) is 14.6. The fourth-order valence-electron chi connectivity index (χ4n) is 4.76. The Balaban J connectivity index is 1.40. The summed E-state index contributed by atoms with van der Waals surface area (Å²) in [6, 6.07) is 24.1. The van der Waals surface area contributed by atoms with Gasteiger partial charge < -0.3 is 20.1 Å². The van der Waals surface area contributed by atoms with Gasteiger partial charge in [-0.05, 0) is 41.2 Å². The fraction of sp³-hybridized carbons (Fsp3) is 0.267. The number of ether oxygens (including phenoxy) is 1. The molecule has 2 amide bonds. The number of aliphatic hydroxyl groups is 1. The topological polar surface area (TPSA) is 78.9 Å². The van der Waals surface area contributed by atoms with Gasteiger partial charge in [-0.2, -0.15) is 0 Å². The molecule has 0 aliphatic heterocycles. The zero-order valence-electron chi connectivity index (χ0n) is 20.6. The number of amides is 2. The van der Waals surface area contributed by atoms with E-state index in [1.165, 1.54) is 4.90 Å². The molecule has 3 aromatic carbocycles. The first-order valence-electron chi connectivity index (χ1n) is 12.1. The average Bonchev–Trinajstić information content (AvgIpc) is 3.24. The summed E-state index contributed by atoms with van der Waals surface area (Å²) in [5.41, 5.74) is 5.25. The van der Waals surface area contributed by atoms with E-state index in [-0.39, 0.29) is 24.9 Å². The molecule has 0 fully saturated rings. The Morgan fingerprint density at radius 3 is 2.14 bits per heavy atom. The van der Waals surface area contributed by atoms with Crippen molar-refractivity contribution >= 4 is 12.0 Å². The standard InChI is InChI=1S/C30H32N2O4/c1-4-12-27(29(34)32(3)20(2)28(33)21-13-6-5-7-14-21)31-30(35)36-19-26-24-17-10-8-15-22(24)23-16-9-11-18-25(23)26/h4-11,13-18,20,26-28,33H,1,12,19H2,2-3H3,(H,31,35)/t20-,27+,28-/m0/s1. The Bertz CT molecular complexity index is 1180. The van der Waals surface area contributed by atoms with Gasteiger partial charge in [0.2, 0.25) is 5.91 Å². The van der Waals surface area contributed by atoms with Crippen LogP contribution in [-0.2, 0) is 9.53 Å². The van der Waals surface area contributed by atoms with Gasteiger partial charge >= 0.3 is 6.09 Å². The molecule has 2 N–H and O–H groups in total. The van der Waals surface area contributed by atoms with E-state index in [1.807, 2.05) is 54.6 Å². The van der Waals surface area contributed by atoms with Gasteiger partial charge in [-0.25, -0.2) is 4.79 Å². The maximum atomic E-state index is 13.2. The van der Waals surface area contributed by atoms with Crippen molar-refractivity contribution in [3.63, 3.8) is 0 Å². The van der Waals surface area contributed by atoms with E-state index in [9.17, 15) is 14.7 Å². The van der Waals surface area contributed by atoms with Crippen molar-refractivity contribution in [2.75, 3.05) is 13.7 Å². The Hall–Kier alpha value is -3.90. The van der Waals surface area contributed by atoms with Crippen LogP contribution in [0, 0.1) is 0 Å². The van der Waals surface area contributed by atoms with Crippen LogP contribution in [0.3, 0.4) is 0 Å². The summed E-state index contributed by atoms with van der Waals surface area (Å²) in [5.74, 6) is -0.397. The van der Waals surface area contributed by atoms with Crippen LogP contribution in [0.4, 0.5) is 4.79 Å².